The molecule has 6 nitrogen and oxygen atoms in total. The maximum atomic E-state index is 11.5. The smallest absolute Gasteiger partial charge is 0.343 e. The third-order valence-electron chi connectivity index (χ3n) is 2.09. The van der Waals surface area contributed by atoms with Crippen LogP contribution in [0.4, 0.5) is 5.82 Å². The van der Waals surface area contributed by atoms with Gasteiger partial charge >= 0.3 is 5.97 Å². The first-order chi connectivity index (χ1) is 8.13. The van der Waals surface area contributed by atoms with Gasteiger partial charge in [0, 0.05) is 5.38 Å². The molecule has 2 aromatic rings. The molecule has 17 heavy (non-hydrogen) atoms. The third-order valence-corrected chi connectivity index (χ3v) is 3.02. The van der Waals surface area contributed by atoms with Gasteiger partial charge in [-0.2, -0.15) is 9.78 Å². The number of hydrogen-bond donors (Lipinski definition) is 1. The minimum absolute atomic E-state index is 0.248. The van der Waals surface area contributed by atoms with Crippen LogP contribution in [0.2, 0.25) is 0 Å². The first-order valence-electron chi connectivity index (χ1n) is 5.06. The fraction of sp³-hybridized carbons (Fsp3) is 0.300. The Morgan fingerprint density at radius 1 is 1.65 bits per heavy atom. The Morgan fingerprint density at radius 3 is 3.00 bits per heavy atom. The van der Waals surface area contributed by atoms with Gasteiger partial charge in [-0.3, -0.25) is 0 Å². The molecule has 2 aromatic heterocycles. The third kappa shape index (κ3) is 2.14. The van der Waals surface area contributed by atoms with Crippen molar-refractivity contribution in [1.82, 2.24) is 14.8 Å². The molecular weight excluding hydrogens is 240 g/mol. The molecular formula is C10H12N4O2S. The zero-order valence-corrected chi connectivity index (χ0v) is 10.3. The number of hydrogen-bond acceptors (Lipinski definition) is 6. The van der Waals surface area contributed by atoms with E-state index in [1.165, 1.54) is 22.2 Å². The van der Waals surface area contributed by atoms with Gasteiger partial charge in [0.05, 0.1) is 18.5 Å². The quantitative estimate of drug-likeness (QED) is 0.835. The molecule has 0 fully saturated rings. The monoisotopic (exact) mass is 252 g/mol. The Kier molecular flexibility index (Phi) is 3.10. The Hall–Kier alpha value is -1.89. The number of ether oxygens (including phenoxy) is 1. The zero-order chi connectivity index (χ0) is 12.4. The molecule has 0 aliphatic rings. The molecule has 0 unspecified atom stereocenters. The van der Waals surface area contributed by atoms with E-state index in [9.17, 15) is 4.79 Å². The lowest BCUT2D eigenvalue weighted by Gasteiger charge is -2.01. The normalized spacial score (nSPS) is 10.5. The summed E-state index contributed by atoms with van der Waals surface area (Å²) in [6.45, 7) is 3.93. The second-order valence-corrected chi connectivity index (χ2v) is 4.18. The van der Waals surface area contributed by atoms with Crippen LogP contribution in [0.1, 0.15) is 23.0 Å². The van der Waals surface area contributed by atoms with Crippen LogP contribution in [0.15, 0.2) is 11.6 Å². The number of esters is 1. The van der Waals surface area contributed by atoms with Gasteiger partial charge in [-0.05, 0) is 13.8 Å². The van der Waals surface area contributed by atoms with Crippen molar-refractivity contribution < 1.29 is 9.53 Å². The van der Waals surface area contributed by atoms with Crippen LogP contribution in [0.5, 0.6) is 0 Å². The summed E-state index contributed by atoms with van der Waals surface area (Å²) in [5, 5.41) is 6.57. The maximum Gasteiger partial charge on any atom is 0.343 e. The van der Waals surface area contributed by atoms with Crippen molar-refractivity contribution in [2.24, 2.45) is 0 Å². The molecule has 0 saturated heterocycles. The SMILES string of the molecule is CCOC(=O)c1cnn(-c2nc(C)cs2)c1N. The summed E-state index contributed by atoms with van der Waals surface area (Å²) < 4.78 is 6.31. The topological polar surface area (TPSA) is 83.0 Å². The van der Waals surface area contributed by atoms with Crippen LogP contribution >= 0.6 is 11.3 Å². The van der Waals surface area contributed by atoms with Crippen LogP contribution in [-0.2, 0) is 4.74 Å². The van der Waals surface area contributed by atoms with Crippen LogP contribution in [0.3, 0.4) is 0 Å². The summed E-state index contributed by atoms with van der Waals surface area (Å²) in [6.07, 6.45) is 1.39. The van der Waals surface area contributed by atoms with Crippen LogP contribution in [-0.4, -0.2) is 27.3 Å². The number of nitrogen functional groups attached to an aromatic ring is 1. The second-order valence-electron chi connectivity index (χ2n) is 3.35. The van der Waals surface area contributed by atoms with Gasteiger partial charge in [0.1, 0.15) is 11.4 Å². The molecule has 0 radical (unpaired) electrons. The van der Waals surface area contributed by atoms with Crippen molar-refractivity contribution in [2.75, 3.05) is 12.3 Å². The Bertz CT molecular complexity index is 546. The average molecular weight is 252 g/mol. The summed E-state index contributed by atoms with van der Waals surface area (Å²) in [5.74, 6) is -0.220. The van der Waals surface area contributed by atoms with Gasteiger partial charge in [-0.15, -0.1) is 11.3 Å². The fourth-order valence-electron chi connectivity index (χ4n) is 1.32. The van der Waals surface area contributed by atoms with Gasteiger partial charge in [0.15, 0.2) is 0 Å². The molecule has 0 atom stereocenters. The van der Waals surface area contributed by atoms with Crippen molar-refractivity contribution in [3.8, 4) is 5.13 Å². The van der Waals surface area contributed by atoms with E-state index in [0.29, 0.717) is 11.7 Å². The highest BCUT2D eigenvalue weighted by Gasteiger charge is 2.18. The van der Waals surface area contributed by atoms with E-state index in [1.54, 1.807) is 6.92 Å². The maximum absolute atomic E-state index is 11.5. The van der Waals surface area contributed by atoms with E-state index in [2.05, 4.69) is 10.1 Å². The zero-order valence-electron chi connectivity index (χ0n) is 9.51. The molecule has 90 valence electrons. The molecule has 2 heterocycles. The second kappa shape index (κ2) is 4.54. The Morgan fingerprint density at radius 2 is 2.41 bits per heavy atom. The number of aryl methyl sites for hydroxylation is 1. The van der Waals surface area contributed by atoms with Gasteiger partial charge in [-0.1, -0.05) is 0 Å². The van der Waals surface area contributed by atoms with Crippen molar-refractivity contribution in [3.63, 3.8) is 0 Å². The number of nitrogens with two attached hydrogens (primary N) is 1. The summed E-state index contributed by atoms with van der Waals surface area (Å²) in [4.78, 5) is 15.8. The Balaban J connectivity index is 2.36. The van der Waals surface area contributed by atoms with Gasteiger partial charge < -0.3 is 10.5 Å². The summed E-state index contributed by atoms with van der Waals surface area (Å²) in [5.41, 5.74) is 6.99. The molecule has 0 aliphatic carbocycles. The first-order valence-corrected chi connectivity index (χ1v) is 5.94. The largest absolute Gasteiger partial charge is 0.462 e. The van der Waals surface area contributed by atoms with E-state index < -0.39 is 5.97 Å². The van der Waals surface area contributed by atoms with Gasteiger partial charge in [-0.25, -0.2) is 9.78 Å². The van der Waals surface area contributed by atoms with E-state index in [0.717, 1.165) is 5.69 Å². The molecule has 0 spiro atoms. The van der Waals surface area contributed by atoms with Gasteiger partial charge in [0.25, 0.3) is 0 Å². The molecule has 0 saturated carbocycles. The minimum Gasteiger partial charge on any atom is -0.462 e. The van der Waals surface area contributed by atoms with Crippen molar-refractivity contribution >= 4 is 23.1 Å². The molecule has 0 amide bonds. The summed E-state index contributed by atoms with van der Waals surface area (Å²) in [7, 11) is 0. The molecule has 2 rings (SSSR count). The lowest BCUT2D eigenvalue weighted by Crippen LogP contribution is -2.08. The van der Waals surface area contributed by atoms with Crippen LogP contribution in [0, 0.1) is 6.92 Å². The standard InChI is InChI=1S/C10H12N4O2S/c1-3-16-9(15)7-4-12-14(8(7)11)10-13-6(2)5-17-10/h4-5H,3,11H2,1-2H3. The first kappa shape index (κ1) is 11.6. The minimum atomic E-state index is -0.468. The van der Waals surface area contributed by atoms with E-state index in [1.807, 2.05) is 12.3 Å². The number of rotatable bonds is 3. The van der Waals surface area contributed by atoms with Crippen molar-refractivity contribution in [1.29, 1.82) is 0 Å². The highest BCUT2D eigenvalue weighted by Crippen LogP contribution is 2.20. The average Bonchev–Trinajstić information content (AvgIpc) is 2.85. The van der Waals surface area contributed by atoms with Gasteiger partial charge in [0.2, 0.25) is 5.13 Å². The number of carbonyl (C=O) groups excluding carboxylic acids is 1. The molecule has 0 aliphatic heterocycles. The highest BCUT2D eigenvalue weighted by molar-refractivity contribution is 7.12. The number of aromatic nitrogens is 3. The molecule has 7 heteroatoms. The molecule has 2 N–H and O–H groups in total. The van der Waals surface area contributed by atoms with E-state index >= 15 is 0 Å². The summed E-state index contributed by atoms with van der Waals surface area (Å²) in [6, 6.07) is 0. The Labute approximate surface area is 102 Å². The van der Waals surface area contributed by atoms with Crippen LogP contribution in [0.25, 0.3) is 5.13 Å². The van der Waals surface area contributed by atoms with Crippen molar-refractivity contribution in [2.45, 2.75) is 13.8 Å². The number of anilines is 1. The lowest BCUT2D eigenvalue weighted by molar-refractivity contribution is 0.0527. The van der Waals surface area contributed by atoms with E-state index in [-0.39, 0.29) is 11.4 Å². The molecule has 0 bridgehead atoms. The number of thiazole rings is 1. The number of nitrogens with zero attached hydrogens (tertiary/aromatic N) is 3. The van der Waals surface area contributed by atoms with Crippen molar-refractivity contribution in [3.05, 3.63) is 22.8 Å². The van der Waals surface area contributed by atoms with E-state index in [4.69, 9.17) is 10.5 Å². The molecule has 0 aromatic carbocycles. The predicted molar refractivity (Wildman–Crippen MR) is 64.3 cm³/mol. The summed E-state index contributed by atoms with van der Waals surface area (Å²) >= 11 is 1.41. The highest BCUT2D eigenvalue weighted by atomic mass is 32.1. The van der Waals surface area contributed by atoms with Crippen LogP contribution < -0.4 is 5.73 Å². The fourth-order valence-corrected chi connectivity index (χ4v) is 2.09. The number of carbonyl (C=O) groups is 1. The predicted octanol–water partition coefficient (Wildman–Crippen LogP) is 1.40. The lowest BCUT2D eigenvalue weighted by atomic mass is 10.3.